The molecule has 0 heterocycles. The van der Waals surface area contributed by atoms with Crippen LogP contribution >= 0.6 is 0 Å². The minimum absolute atomic E-state index is 0.0497. The molecular formula is C14H23NO3. The van der Waals surface area contributed by atoms with Gasteiger partial charge in [-0.25, -0.2) is 0 Å². The molecule has 0 amide bonds. The van der Waals surface area contributed by atoms with E-state index >= 15 is 0 Å². The van der Waals surface area contributed by atoms with Crippen LogP contribution in [0.25, 0.3) is 0 Å². The molecule has 0 saturated carbocycles. The Bertz CT molecular complexity index is 303. The lowest BCUT2D eigenvalue weighted by Crippen LogP contribution is -2.28. The third-order valence-corrected chi connectivity index (χ3v) is 2.56. The molecule has 2 N–H and O–H groups in total. The maximum absolute atomic E-state index is 5.95. The second kappa shape index (κ2) is 9.05. The van der Waals surface area contributed by atoms with Crippen molar-refractivity contribution in [2.24, 2.45) is 5.73 Å². The summed E-state index contributed by atoms with van der Waals surface area (Å²) >= 11 is 0. The zero-order valence-electron chi connectivity index (χ0n) is 11.2. The van der Waals surface area contributed by atoms with E-state index in [1.165, 1.54) is 0 Å². The standard InChI is InChI=1S/C14H23NO3/c1-12(15)14(13-6-4-3-5-7-13)18-11-10-17-9-8-16-2/h3-7,12,14H,8-11,15H2,1-2H3. The molecule has 2 atom stereocenters. The number of rotatable bonds is 9. The summed E-state index contributed by atoms with van der Waals surface area (Å²) in [4.78, 5) is 0. The monoisotopic (exact) mass is 253 g/mol. The van der Waals surface area contributed by atoms with E-state index in [9.17, 15) is 0 Å². The smallest absolute Gasteiger partial charge is 0.0974 e. The van der Waals surface area contributed by atoms with Crippen LogP contribution in [0, 0.1) is 0 Å². The van der Waals surface area contributed by atoms with Gasteiger partial charge in [0, 0.05) is 13.2 Å². The molecule has 0 fully saturated rings. The summed E-state index contributed by atoms with van der Waals surface area (Å²) in [5.74, 6) is 0. The molecule has 4 heteroatoms. The molecule has 0 aromatic heterocycles. The number of benzene rings is 1. The molecule has 0 aliphatic heterocycles. The lowest BCUT2D eigenvalue weighted by atomic mass is 10.0. The van der Waals surface area contributed by atoms with E-state index in [4.69, 9.17) is 19.9 Å². The van der Waals surface area contributed by atoms with Gasteiger partial charge in [-0.05, 0) is 12.5 Å². The predicted molar refractivity (Wildman–Crippen MR) is 71.5 cm³/mol. The predicted octanol–water partition coefficient (Wildman–Crippen LogP) is 1.75. The molecule has 1 aromatic carbocycles. The molecule has 0 radical (unpaired) electrons. The van der Waals surface area contributed by atoms with Crippen molar-refractivity contribution < 1.29 is 14.2 Å². The normalized spacial score (nSPS) is 14.4. The largest absolute Gasteiger partial charge is 0.382 e. The first kappa shape index (κ1) is 15.1. The molecule has 0 aliphatic carbocycles. The number of hydrogen-bond donors (Lipinski definition) is 1. The van der Waals surface area contributed by atoms with Gasteiger partial charge in [0.05, 0.1) is 32.5 Å². The van der Waals surface area contributed by atoms with Gasteiger partial charge in [-0.15, -0.1) is 0 Å². The van der Waals surface area contributed by atoms with E-state index in [1.54, 1.807) is 7.11 Å². The van der Waals surface area contributed by atoms with Crippen molar-refractivity contribution in [3.8, 4) is 0 Å². The fourth-order valence-electron chi connectivity index (χ4n) is 1.67. The Morgan fingerprint density at radius 3 is 2.33 bits per heavy atom. The van der Waals surface area contributed by atoms with Crippen LogP contribution in [0.15, 0.2) is 30.3 Å². The summed E-state index contributed by atoms with van der Waals surface area (Å²) in [5.41, 5.74) is 7.05. The first-order valence-electron chi connectivity index (χ1n) is 6.24. The van der Waals surface area contributed by atoms with Crippen molar-refractivity contribution in [1.29, 1.82) is 0 Å². The van der Waals surface area contributed by atoms with Gasteiger partial charge in [-0.3, -0.25) is 0 Å². The summed E-state index contributed by atoms with van der Waals surface area (Å²) in [6.45, 7) is 4.23. The van der Waals surface area contributed by atoms with Crippen LogP contribution < -0.4 is 5.73 Å². The van der Waals surface area contributed by atoms with Gasteiger partial charge in [-0.2, -0.15) is 0 Å². The minimum atomic E-state index is -0.0859. The number of ether oxygens (including phenoxy) is 3. The quantitative estimate of drug-likeness (QED) is 0.681. The molecule has 102 valence electrons. The Kier molecular flexibility index (Phi) is 7.60. The van der Waals surface area contributed by atoms with Crippen LogP contribution in [0.2, 0.25) is 0 Å². The van der Waals surface area contributed by atoms with Crippen LogP contribution in [0.1, 0.15) is 18.6 Å². The first-order valence-corrected chi connectivity index (χ1v) is 6.24. The van der Waals surface area contributed by atoms with Gasteiger partial charge in [0.1, 0.15) is 0 Å². The molecular weight excluding hydrogens is 230 g/mol. The zero-order valence-corrected chi connectivity index (χ0v) is 11.2. The summed E-state index contributed by atoms with van der Waals surface area (Å²) in [7, 11) is 1.65. The van der Waals surface area contributed by atoms with Crippen LogP contribution in [-0.4, -0.2) is 39.6 Å². The van der Waals surface area contributed by atoms with Crippen molar-refractivity contribution in [2.75, 3.05) is 33.5 Å². The van der Waals surface area contributed by atoms with Crippen molar-refractivity contribution >= 4 is 0 Å². The molecule has 1 rings (SSSR count). The van der Waals surface area contributed by atoms with Gasteiger partial charge in [0.15, 0.2) is 0 Å². The highest BCUT2D eigenvalue weighted by Gasteiger charge is 2.16. The van der Waals surface area contributed by atoms with Crippen LogP contribution in [0.5, 0.6) is 0 Å². The van der Waals surface area contributed by atoms with Gasteiger partial charge < -0.3 is 19.9 Å². The molecule has 2 unspecified atom stereocenters. The number of methoxy groups -OCH3 is 1. The molecule has 18 heavy (non-hydrogen) atoms. The third-order valence-electron chi connectivity index (χ3n) is 2.56. The highest BCUT2D eigenvalue weighted by Crippen LogP contribution is 2.19. The van der Waals surface area contributed by atoms with E-state index < -0.39 is 0 Å². The third kappa shape index (κ3) is 5.60. The molecule has 0 spiro atoms. The van der Waals surface area contributed by atoms with Crippen molar-refractivity contribution in [3.63, 3.8) is 0 Å². The maximum atomic E-state index is 5.95. The highest BCUT2D eigenvalue weighted by molar-refractivity contribution is 5.18. The van der Waals surface area contributed by atoms with E-state index in [0.717, 1.165) is 5.56 Å². The Morgan fingerprint density at radius 1 is 1.06 bits per heavy atom. The average Bonchev–Trinajstić information content (AvgIpc) is 2.38. The molecule has 0 bridgehead atoms. The van der Waals surface area contributed by atoms with Gasteiger partial charge in [-0.1, -0.05) is 30.3 Å². The number of hydrogen-bond acceptors (Lipinski definition) is 4. The van der Waals surface area contributed by atoms with E-state index in [-0.39, 0.29) is 12.1 Å². The second-order valence-corrected chi connectivity index (χ2v) is 4.17. The Balaban J connectivity index is 2.31. The SMILES string of the molecule is COCCOCCOC(c1ccccc1)C(C)N. The fourth-order valence-corrected chi connectivity index (χ4v) is 1.67. The molecule has 4 nitrogen and oxygen atoms in total. The summed E-state index contributed by atoms with van der Waals surface area (Å²) in [6.07, 6.45) is -0.0859. The second-order valence-electron chi connectivity index (χ2n) is 4.17. The average molecular weight is 253 g/mol. The summed E-state index contributed by atoms with van der Waals surface area (Å²) in [6, 6.07) is 9.97. The molecule has 0 aliphatic rings. The lowest BCUT2D eigenvalue weighted by molar-refractivity contribution is -0.0141. The van der Waals surface area contributed by atoms with Gasteiger partial charge >= 0.3 is 0 Å². The van der Waals surface area contributed by atoms with E-state index in [2.05, 4.69) is 0 Å². The number of nitrogens with two attached hydrogens (primary N) is 1. The summed E-state index contributed by atoms with van der Waals surface area (Å²) in [5, 5.41) is 0. The zero-order chi connectivity index (χ0) is 13.2. The van der Waals surface area contributed by atoms with Crippen molar-refractivity contribution in [1.82, 2.24) is 0 Å². The van der Waals surface area contributed by atoms with Gasteiger partial charge in [0.25, 0.3) is 0 Å². The Morgan fingerprint density at radius 2 is 1.72 bits per heavy atom. The topological polar surface area (TPSA) is 53.7 Å². The fraction of sp³-hybridized carbons (Fsp3) is 0.571. The van der Waals surface area contributed by atoms with Crippen LogP contribution in [0.4, 0.5) is 0 Å². The van der Waals surface area contributed by atoms with Crippen molar-refractivity contribution in [2.45, 2.75) is 19.1 Å². The first-order chi connectivity index (χ1) is 8.75. The van der Waals surface area contributed by atoms with Crippen molar-refractivity contribution in [3.05, 3.63) is 35.9 Å². The molecule has 1 aromatic rings. The maximum Gasteiger partial charge on any atom is 0.0974 e. The molecule has 0 saturated heterocycles. The minimum Gasteiger partial charge on any atom is -0.382 e. The van der Waals surface area contributed by atoms with E-state index in [0.29, 0.717) is 26.4 Å². The van der Waals surface area contributed by atoms with Crippen LogP contribution in [-0.2, 0) is 14.2 Å². The van der Waals surface area contributed by atoms with Gasteiger partial charge in [0.2, 0.25) is 0 Å². The van der Waals surface area contributed by atoms with Crippen LogP contribution in [0.3, 0.4) is 0 Å². The Labute approximate surface area is 109 Å². The highest BCUT2D eigenvalue weighted by atomic mass is 16.5. The van der Waals surface area contributed by atoms with E-state index in [1.807, 2.05) is 37.3 Å². The summed E-state index contributed by atoms with van der Waals surface area (Å²) < 4.78 is 16.0. The Hall–Kier alpha value is -0.940. The lowest BCUT2D eigenvalue weighted by Gasteiger charge is -2.21.